The summed E-state index contributed by atoms with van der Waals surface area (Å²) in [5.41, 5.74) is 1.12. The monoisotopic (exact) mass is 221 g/mol. The Labute approximate surface area is 94.8 Å². The molecule has 0 aliphatic rings. The van der Waals surface area contributed by atoms with E-state index in [4.69, 9.17) is 0 Å². The van der Waals surface area contributed by atoms with Gasteiger partial charge in [0, 0.05) is 11.4 Å². The highest BCUT2D eigenvalue weighted by Crippen LogP contribution is 2.14. The van der Waals surface area contributed by atoms with E-state index in [0.29, 0.717) is 6.54 Å². The van der Waals surface area contributed by atoms with E-state index in [1.54, 1.807) is 17.8 Å². The topological polar surface area (TPSA) is 29.1 Å². The van der Waals surface area contributed by atoms with Crippen LogP contribution in [-0.4, -0.2) is 12.2 Å². The summed E-state index contributed by atoms with van der Waals surface area (Å²) in [7, 11) is 0. The van der Waals surface area contributed by atoms with Gasteiger partial charge in [-0.25, -0.2) is 0 Å². The fourth-order valence-electron chi connectivity index (χ4n) is 1.14. The van der Waals surface area contributed by atoms with Gasteiger partial charge in [0.25, 0.3) is 0 Å². The number of carbonyl (C=O) groups excluding carboxylic acids is 1. The van der Waals surface area contributed by atoms with E-state index in [0.717, 1.165) is 5.56 Å². The van der Waals surface area contributed by atoms with Crippen molar-refractivity contribution in [1.82, 2.24) is 5.32 Å². The molecule has 0 aromatic heterocycles. The molecule has 0 heterocycles. The lowest BCUT2D eigenvalue weighted by molar-refractivity contribution is -0.116. The van der Waals surface area contributed by atoms with Crippen molar-refractivity contribution in [3.63, 3.8) is 0 Å². The Hall–Kier alpha value is -1.22. The molecule has 0 saturated carbocycles. The SMILES string of the molecule is C/C=C/C(=O)NCc1ccc(SC)cc1. The molecule has 0 fully saturated rings. The van der Waals surface area contributed by atoms with Crippen LogP contribution in [0.1, 0.15) is 12.5 Å². The Morgan fingerprint density at radius 3 is 2.60 bits per heavy atom. The zero-order chi connectivity index (χ0) is 11.1. The van der Waals surface area contributed by atoms with Crippen LogP contribution in [0, 0.1) is 0 Å². The third-order valence-corrected chi connectivity index (χ3v) is 2.69. The van der Waals surface area contributed by atoms with Gasteiger partial charge < -0.3 is 5.32 Å². The lowest BCUT2D eigenvalue weighted by Gasteiger charge is -2.03. The predicted octanol–water partition coefficient (Wildman–Crippen LogP) is 2.60. The molecule has 80 valence electrons. The van der Waals surface area contributed by atoms with Crippen molar-refractivity contribution >= 4 is 17.7 Å². The summed E-state index contributed by atoms with van der Waals surface area (Å²) in [6.07, 6.45) is 5.30. The van der Waals surface area contributed by atoms with Gasteiger partial charge in [-0.3, -0.25) is 4.79 Å². The second-order valence-electron chi connectivity index (χ2n) is 3.07. The van der Waals surface area contributed by atoms with Crippen molar-refractivity contribution in [2.75, 3.05) is 6.26 Å². The summed E-state index contributed by atoms with van der Waals surface area (Å²) in [4.78, 5) is 12.4. The van der Waals surface area contributed by atoms with Gasteiger partial charge in [0.1, 0.15) is 0 Å². The molecule has 1 aromatic carbocycles. The van der Waals surface area contributed by atoms with E-state index in [-0.39, 0.29) is 5.91 Å². The number of amides is 1. The molecule has 1 rings (SSSR count). The molecular formula is C12H15NOS. The van der Waals surface area contributed by atoms with E-state index in [2.05, 4.69) is 17.4 Å². The minimum Gasteiger partial charge on any atom is -0.348 e. The number of hydrogen-bond donors (Lipinski definition) is 1. The van der Waals surface area contributed by atoms with Gasteiger partial charge in [0.05, 0.1) is 0 Å². The van der Waals surface area contributed by atoms with E-state index in [9.17, 15) is 4.79 Å². The Bertz CT molecular complexity index is 343. The van der Waals surface area contributed by atoms with Crippen LogP contribution in [0.4, 0.5) is 0 Å². The van der Waals surface area contributed by atoms with Gasteiger partial charge in [-0.05, 0) is 37.0 Å². The number of benzene rings is 1. The highest BCUT2D eigenvalue weighted by molar-refractivity contribution is 7.98. The average Bonchev–Trinajstić information content (AvgIpc) is 2.27. The Balaban J connectivity index is 2.47. The van der Waals surface area contributed by atoms with Gasteiger partial charge in [0.15, 0.2) is 0 Å². The fraction of sp³-hybridized carbons (Fsp3) is 0.250. The largest absolute Gasteiger partial charge is 0.348 e. The molecule has 0 spiro atoms. The van der Waals surface area contributed by atoms with Crippen LogP contribution in [0.25, 0.3) is 0 Å². The number of thioether (sulfide) groups is 1. The lowest BCUT2D eigenvalue weighted by atomic mass is 10.2. The van der Waals surface area contributed by atoms with Crippen LogP contribution >= 0.6 is 11.8 Å². The maximum atomic E-state index is 11.1. The van der Waals surface area contributed by atoms with E-state index >= 15 is 0 Å². The standard InChI is InChI=1S/C12H15NOS/c1-3-4-12(14)13-9-10-5-7-11(15-2)8-6-10/h3-8H,9H2,1-2H3,(H,13,14)/b4-3+. The predicted molar refractivity (Wildman–Crippen MR) is 64.9 cm³/mol. The third-order valence-electron chi connectivity index (χ3n) is 1.94. The van der Waals surface area contributed by atoms with E-state index in [1.807, 2.05) is 25.3 Å². The molecule has 1 aromatic rings. The Morgan fingerprint density at radius 1 is 1.40 bits per heavy atom. The Morgan fingerprint density at radius 2 is 2.07 bits per heavy atom. The lowest BCUT2D eigenvalue weighted by Crippen LogP contribution is -2.20. The molecule has 2 nitrogen and oxygen atoms in total. The first-order valence-corrected chi connectivity index (χ1v) is 6.02. The van der Waals surface area contributed by atoms with Gasteiger partial charge in [-0.1, -0.05) is 18.2 Å². The second kappa shape index (κ2) is 6.30. The average molecular weight is 221 g/mol. The maximum Gasteiger partial charge on any atom is 0.243 e. The molecule has 0 aliphatic heterocycles. The molecular weight excluding hydrogens is 206 g/mol. The summed E-state index contributed by atoms with van der Waals surface area (Å²) >= 11 is 1.71. The summed E-state index contributed by atoms with van der Waals surface area (Å²) in [6.45, 7) is 2.41. The smallest absolute Gasteiger partial charge is 0.243 e. The van der Waals surface area contributed by atoms with Crippen LogP contribution in [0.2, 0.25) is 0 Å². The maximum absolute atomic E-state index is 11.1. The van der Waals surface area contributed by atoms with Crippen molar-refractivity contribution in [2.45, 2.75) is 18.4 Å². The highest BCUT2D eigenvalue weighted by atomic mass is 32.2. The van der Waals surface area contributed by atoms with E-state index in [1.165, 1.54) is 11.0 Å². The second-order valence-corrected chi connectivity index (χ2v) is 3.95. The van der Waals surface area contributed by atoms with Crippen molar-refractivity contribution in [3.05, 3.63) is 42.0 Å². The molecule has 1 N–H and O–H groups in total. The number of rotatable bonds is 4. The minimum atomic E-state index is -0.0496. The van der Waals surface area contributed by atoms with Crippen molar-refractivity contribution in [3.8, 4) is 0 Å². The Kier molecular flexibility index (Phi) is 4.98. The quantitative estimate of drug-likeness (QED) is 0.625. The van der Waals surface area contributed by atoms with Crippen molar-refractivity contribution < 1.29 is 4.79 Å². The molecule has 0 saturated heterocycles. The van der Waals surface area contributed by atoms with Crippen LogP contribution in [0.5, 0.6) is 0 Å². The fourth-order valence-corrected chi connectivity index (χ4v) is 1.55. The van der Waals surface area contributed by atoms with Gasteiger partial charge in [-0.2, -0.15) is 0 Å². The van der Waals surface area contributed by atoms with E-state index < -0.39 is 0 Å². The molecule has 0 unspecified atom stereocenters. The third kappa shape index (κ3) is 4.21. The number of allylic oxidation sites excluding steroid dienone is 1. The molecule has 0 radical (unpaired) electrons. The summed E-state index contributed by atoms with van der Waals surface area (Å²) in [5, 5.41) is 2.80. The highest BCUT2D eigenvalue weighted by Gasteiger charge is 1.96. The van der Waals surface area contributed by atoms with Crippen molar-refractivity contribution in [1.29, 1.82) is 0 Å². The summed E-state index contributed by atoms with van der Waals surface area (Å²) in [5.74, 6) is -0.0496. The number of hydrogen-bond acceptors (Lipinski definition) is 2. The molecule has 1 amide bonds. The minimum absolute atomic E-state index is 0.0496. The van der Waals surface area contributed by atoms with Gasteiger partial charge in [-0.15, -0.1) is 11.8 Å². The number of nitrogens with one attached hydrogen (secondary N) is 1. The van der Waals surface area contributed by atoms with Gasteiger partial charge in [0.2, 0.25) is 5.91 Å². The van der Waals surface area contributed by atoms with Crippen LogP contribution in [0.3, 0.4) is 0 Å². The molecule has 0 bridgehead atoms. The molecule has 3 heteroatoms. The first kappa shape index (κ1) is 11.9. The van der Waals surface area contributed by atoms with Crippen LogP contribution < -0.4 is 5.32 Å². The van der Waals surface area contributed by atoms with Crippen LogP contribution in [-0.2, 0) is 11.3 Å². The van der Waals surface area contributed by atoms with Crippen molar-refractivity contribution in [2.24, 2.45) is 0 Å². The number of carbonyl (C=O) groups is 1. The normalized spacial score (nSPS) is 10.5. The van der Waals surface area contributed by atoms with Gasteiger partial charge >= 0.3 is 0 Å². The zero-order valence-electron chi connectivity index (χ0n) is 8.99. The zero-order valence-corrected chi connectivity index (χ0v) is 9.80. The molecule has 0 aliphatic carbocycles. The first-order valence-electron chi connectivity index (χ1n) is 4.79. The summed E-state index contributed by atoms with van der Waals surface area (Å²) in [6, 6.07) is 8.17. The van der Waals surface area contributed by atoms with Crippen LogP contribution in [0.15, 0.2) is 41.3 Å². The molecule has 15 heavy (non-hydrogen) atoms. The summed E-state index contributed by atoms with van der Waals surface area (Å²) < 4.78 is 0. The molecule has 0 atom stereocenters. The first-order chi connectivity index (χ1) is 7.26.